The van der Waals surface area contributed by atoms with E-state index in [1.54, 1.807) is 0 Å². The highest BCUT2D eigenvalue weighted by atomic mass is 16.5. The number of aliphatic hydroxyl groups excluding tert-OH is 1. The summed E-state index contributed by atoms with van der Waals surface area (Å²) in [6.45, 7) is 2.55. The van der Waals surface area contributed by atoms with Gasteiger partial charge in [0.05, 0.1) is 0 Å². The topological polar surface area (TPSA) is 71.0 Å². The summed E-state index contributed by atoms with van der Waals surface area (Å²) >= 11 is 0. The molecule has 0 aliphatic heterocycles. The van der Waals surface area contributed by atoms with Crippen molar-refractivity contribution >= 4 is 0 Å². The van der Waals surface area contributed by atoms with Gasteiger partial charge in [-0.15, -0.1) is 0 Å². The number of H-pyrrole nitrogens is 1. The molecule has 5 nitrogen and oxygen atoms in total. The molecular formula is C10H17N3O2. The maximum Gasteiger partial charge on any atom is 0.182 e. The Morgan fingerprint density at radius 3 is 2.73 bits per heavy atom. The molecule has 2 N–H and O–H groups in total. The van der Waals surface area contributed by atoms with Gasteiger partial charge in [0.2, 0.25) is 0 Å². The standard InChI is InChI=1S/C10H17N3O2/c1-2-15-10(5-3-4-6-10)9-11-8(7-14)12-13-9/h14H,2-7H2,1H3,(H,11,12,13). The normalized spacial score (nSPS) is 19.6. The highest BCUT2D eigenvalue weighted by molar-refractivity contribution is 5.05. The van der Waals surface area contributed by atoms with Crippen LogP contribution in [0, 0.1) is 0 Å². The summed E-state index contributed by atoms with van der Waals surface area (Å²) < 4.78 is 5.81. The highest BCUT2D eigenvalue weighted by Crippen LogP contribution is 2.40. The van der Waals surface area contributed by atoms with Crippen LogP contribution in [-0.4, -0.2) is 26.9 Å². The van der Waals surface area contributed by atoms with Crippen molar-refractivity contribution in [2.75, 3.05) is 6.61 Å². The van der Waals surface area contributed by atoms with Crippen LogP contribution in [0.3, 0.4) is 0 Å². The fraction of sp³-hybridized carbons (Fsp3) is 0.800. The number of hydrogen-bond acceptors (Lipinski definition) is 4. The van der Waals surface area contributed by atoms with Crippen molar-refractivity contribution in [2.45, 2.75) is 44.8 Å². The van der Waals surface area contributed by atoms with Gasteiger partial charge < -0.3 is 9.84 Å². The van der Waals surface area contributed by atoms with Crippen LogP contribution in [0.5, 0.6) is 0 Å². The van der Waals surface area contributed by atoms with Crippen LogP contribution in [0.1, 0.15) is 44.3 Å². The lowest BCUT2D eigenvalue weighted by molar-refractivity contribution is -0.0455. The maximum atomic E-state index is 8.93. The molecule has 0 amide bonds. The van der Waals surface area contributed by atoms with Crippen LogP contribution < -0.4 is 0 Å². The fourth-order valence-corrected chi connectivity index (χ4v) is 2.22. The number of ether oxygens (including phenoxy) is 1. The first-order valence-electron chi connectivity index (χ1n) is 5.47. The molecule has 0 saturated heterocycles. The molecule has 1 heterocycles. The van der Waals surface area contributed by atoms with E-state index in [0.29, 0.717) is 18.3 Å². The van der Waals surface area contributed by atoms with E-state index in [4.69, 9.17) is 9.84 Å². The second-order valence-corrected chi connectivity index (χ2v) is 3.90. The van der Waals surface area contributed by atoms with Gasteiger partial charge in [-0.25, -0.2) is 4.98 Å². The lowest BCUT2D eigenvalue weighted by atomic mass is 10.0. The number of aliphatic hydroxyl groups is 1. The molecule has 1 saturated carbocycles. The molecule has 0 aromatic carbocycles. The second kappa shape index (κ2) is 4.28. The molecule has 1 fully saturated rings. The number of aromatic nitrogens is 3. The molecule has 1 aliphatic rings. The molecular weight excluding hydrogens is 194 g/mol. The molecule has 0 unspecified atom stereocenters. The zero-order valence-corrected chi connectivity index (χ0v) is 8.99. The van der Waals surface area contributed by atoms with E-state index in [1.165, 1.54) is 0 Å². The Labute approximate surface area is 88.9 Å². The number of hydrogen-bond donors (Lipinski definition) is 2. The van der Waals surface area contributed by atoms with E-state index in [0.717, 1.165) is 25.7 Å². The smallest absolute Gasteiger partial charge is 0.182 e. The van der Waals surface area contributed by atoms with Crippen LogP contribution in [0.15, 0.2) is 0 Å². The van der Waals surface area contributed by atoms with E-state index in [-0.39, 0.29) is 12.2 Å². The molecule has 0 bridgehead atoms. The number of aromatic amines is 1. The summed E-state index contributed by atoms with van der Waals surface area (Å²) in [7, 11) is 0. The van der Waals surface area contributed by atoms with E-state index in [2.05, 4.69) is 15.2 Å². The molecule has 1 aliphatic carbocycles. The quantitative estimate of drug-likeness (QED) is 0.782. The molecule has 15 heavy (non-hydrogen) atoms. The highest BCUT2D eigenvalue weighted by Gasteiger charge is 2.39. The third-order valence-corrected chi connectivity index (χ3v) is 2.92. The Balaban J connectivity index is 2.23. The van der Waals surface area contributed by atoms with E-state index >= 15 is 0 Å². The van der Waals surface area contributed by atoms with Crippen LogP contribution in [0.25, 0.3) is 0 Å². The number of nitrogens with one attached hydrogen (secondary N) is 1. The minimum Gasteiger partial charge on any atom is -0.388 e. The Morgan fingerprint density at radius 1 is 1.47 bits per heavy atom. The minimum atomic E-state index is -0.307. The summed E-state index contributed by atoms with van der Waals surface area (Å²) in [5.41, 5.74) is -0.307. The maximum absolute atomic E-state index is 8.93. The molecule has 0 radical (unpaired) electrons. The average Bonchev–Trinajstić information content (AvgIpc) is 2.85. The van der Waals surface area contributed by atoms with Crippen molar-refractivity contribution in [3.8, 4) is 0 Å². The van der Waals surface area contributed by atoms with Crippen molar-refractivity contribution in [1.29, 1.82) is 0 Å². The predicted molar refractivity (Wildman–Crippen MR) is 54.1 cm³/mol. The van der Waals surface area contributed by atoms with Gasteiger partial charge in [-0.3, -0.25) is 5.10 Å². The molecule has 1 aromatic heterocycles. The third-order valence-electron chi connectivity index (χ3n) is 2.92. The van der Waals surface area contributed by atoms with E-state index in [1.807, 2.05) is 6.92 Å². The molecule has 84 valence electrons. The van der Waals surface area contributed by atoms with Crippen LogP contribution in [0.2, 0.25) is 0 Å². The van der Waals surface area contributed by atoms with E-state index in [9.17, 15) is 0 Å². The van der Waals surface area contributed by atoms with Gasteiger partial charge in [-0.1, -0.05) is 0 Å². The fourth-order valence-electron chi connectivity index (χ4n) is 2.22. The van der Waals surface area contributed by atoms with Crippen molar-refractivity contribution in [3.05, 3.63) is 11.6 Å². The first-order chi connectivity index (χ1) is 7.30. The van der Waals surface area contributed by atoms with Crippen molar-refractivity contribution < 1.29 is 9.84 Å². The zero-order valence-electron chi connectivity index (χ0n) is 8.99. The SMILES string of the molecule is CCOC1(c2n[nH]c(CO)n2)CCCC1. The van der Waals surface area contributed by atoms with Gasteiger partial charge >= 0.3 is 0 Å². The zero-order chi connectivity index (χ0) is 10.7. The summed E-state index contributed by atoms with van der Waals surface area (Å²) in [6.07, 6.45) is 4.26. The van der Waals surface area contributed by atoms with Crippen molar-refractivity contribution in [3.63, 3.8) is 0 Å². The lowest BCUT2D eigenvalue weighted by Gasteiger charge is -2.25. The third kappa shape index (κ3) is 1.89. The lowest BCUT2D eigenvalue weighted by Crippen LogP contribution is -2.27. The van der Waals surface area contributed by atoms with Crippen molar-refractivity contribution in [2.24, 2.45) is 0 Å². The molecule has 0 atom stereocenters. The Kier molecular flexibility index (Phi) is 3.02. The molecule has 5 heteroatoms. The summed E-state index contributed by atoms with van der Waals surface area (Å²) in [5.74, 6) is 1.21. The Hall–Kier alpha value is -0.940. The van der Waals surface area contributed by atoms with Gasteiger partial charge in [0.1, 0.15) is 18.0 Å². The summed E-state index contributed by atoms with van der Waals surface area (Å²) in [5, 5.41) is 15.8. The van der Waals surface area contributed by atoms with E-state index < -0.39 is 0 Å². The molecule has 2 rings (SSSR count). The predicted octanol–water partition coefficient (Wildman–Crippen LogP) is 1.10. The Bertz CT molecular complexity index is 318. The summed E-state index contributed by atoms with van der Waals surface area (Å²) in [4.78, 5) is 4.26. The summed E-state index contributed by atoms with van der Waals surface area (Å²) in [6, 6.07) is 0. The number of rotatable bonds is 4. The second-order valence-electron chi connectivity index (χ2n) is 3.90. The van der Waals surface area contributed by atoms with Gasteiger partial charge in [0.15, 0.2) is 5.82 Å². The van der Waals surface area contributed by atoms with Gasteiger partial charge in [0, 0.05) is 6.61 Å². The van der Waals surface area contributed by atoms with Crippen LogP contribution in [-0.2, 0) is 16.9 Å². The largest absolute Gasteiger partial charge is 0.388 e. The van der Waals surface area contributed by atoms with Crippen LogP contribution in [0.4, 0.5) is 0 Å². The van der Waals surface area contributed by atoms with Gasteiger partial charge in [0.25, 0.3) is 0 Å². The first kappa shape index (κ1) is 10.6. The van der Waals surface area contributed by atoms with Gasteiger partial charge in [-0.05, 0) is 32.6 Å². The van der Waals surface area contributed by atoms with Gasteiger partial charge in [-0.2, -0.15) is 5.10 Å². The molecule has 0 spiro atoms. The minimum absolute atomic E-state index is 0.102. The van der Waals surface area contributed by atoms with Crippen molar-refractivity contribution in [1.82, 2.24) is 15.2 Å². The monoisotopic (exact) mass is 211 g/mol. The van der Waals surface area contributed by atoms with Crippen LogP contribution >= 0.6 is 0 Å². The molecule has 1 aromatic rings. The first-order valence-corrected chi connectivity index (χ1v) is 5.47. The Morgan fingerprint density at radius 2 is 2.20 bits per heavy atom. The number of nitrogens with zero attached hydrogens (tertiary/aromatic N) is 2. The average molecular weight is 211 g/mol.